The van der Waals surface area contributed by atoms with Crippen LogP contribution in [0.5, 0.6) is 0 Å². The number of carbonyl (C=O) groups excluding carboxylic acids is 1. The van der Waals surface area contributed by atoms with Crippen molar-refractivity contribution in [2.45, 2.75) is 51.6 Å². The summed E-state index contributed by atoms with van der Waals surface area (Å²) in [5.41, 5.74) is 1.38. The van der Waals surface area contributed by atoms with Crippen LogP contribution in [0, 0.1) is 6.92 Å². The highest BCUT2D eigenvalue weighted by molar-refractivity contribution is 9.10. The summed E-state index contributed by atoms with van der Waals surface area (Å²) in [6.45, 7) is 2.74. The molecule has 1 N–H and O–H groups in total. The zero-order chi connectivity index (χ0) is 19.9. The predicted octanol–water partition coefficient (Wildman–Crippen LogP) is 3.38. The molecule has 8 heteroatoms. The summed E-state index contributed by atoms with van der Waals surface area (Å²) in [5.74, 6) is -0.321. The first-order chi connectivity index (χ1) is 12.8. The lowest BCUT2D eigenvalue weighted by Crippen LogP contribution is -2.40. The highest BCUT2D eigenvalue weighted by Gasteiger charge is 2.21. The van der Waals surface area contributed by atoms with Gasteiger partial charge in [0.2, 0.25) is 15.9 Å². The molecule has 0 aromatic heterocycles. The molecule has 0 spiro atoms. The number of benzene rings is 1. The summed E-state index contributed by atoms with van der Waals surface area (Å²) < 4.78 is 32.1. The van der Waals surface area contributed by atoms with Gasteiger partial charge in [-0.1, -0.05) is 35.2 Å². The Balaban J connectivity index is 1.80. The maximum absolute atomic E-state index is 12.2. The summed E-state index contributed by atoms with van der Waals surface area (Å²) >= 11 is 3.40. The van der Waals surface area contributed by atoms with Crippen LogP contribution in [-0.4, -0.2) is 46.4 Å². The largest absolute Gasteiger partial charge is 0.378 e. The Morgan fingerprint density at radius 1 is 1.30 bits per heavy atom. The molecule has 152 valence electrons. The number of ether oxygens (including phenoxy) is 1. The van der Waals surface area contributed by atoms with Gasteiger partial charge in [-0.2, -0.15) is 0 Å². The van der Waals surface area contributed by atoms with Crippen molar-refractivity contribution < 1.29 is 17.9 Å². The minimum Gasteiger partial charge on any atom is -0.378 e. The maximum atomic E-state index is 12.2. The van der Waals surface area contributed by atoms with Gasteiger partial charge in [0.25, 0.3) is 0 Å². The van der Waals surface area contributed by atoms with Crippen LogP contribution in [0.2, 0.25) is 0 Å². The first kappa shape index (κ1) is 22.2. The second kappa shape index (κ2) is 10.4. The van der Waals surface area contributed by atoms with Gasteiger partial charge in [0.05, 0.1) is 18.0 Å². The summed E-state index contributed by atoms with van der Waals surface area (Å²) in [5, 5.41) is 2.78. The minimum atomic E-state index is -3.56. The molecule has 1 fully saturated rings. The number of anilines is 1. The second-order valence-electron chi connectivity index (χ2n) is 7.04. The molecule has 1 aliphatic carbocycles. The fourth-order valence-electron chi connectivity index (χ4n) is 3.15. The molecule has 0 unspecified atom stereocenters. The quantitative estimate of drug-likeness (QED) is 0.573. The van der Waals surface area contributed by atoms with Crippen molar-refractivity contribution >= 4 is 37.5 Å². The molecule has 0 atom stereocenters. The number of nitrogens with zero attached hydrogens (tertiary/aromatic N) is 1. The monoisotopic (exact) mass is 460 g/mol. The molecule has 1 aromatic carbocycles. The predicted molar refractivity (Wildman–Crippen MR) is 112 cm³/mol. The third kappa shape index (κ3) is 7.43. The van der Waals surface area contributed by atoms with Crippen LogP contribution in [-0.2, 0) is 19.6 Å². The normalized spacial score (nSPS) is 15.5. The Labute approximate surface area is 170 Å². The molecule has 1 aliphatic rings. The molecule has 1 aromatic rings. The Bertz CT molecular complexity index is 733. The van der Waals surface area contributed by atoms with E-state index in [-0.39, 0.29) is 12.5 Å². The Morgan fingerprint density at radius 2 is 2.00 bits per heavy atom. The van der Waals surface area contributed by atoms with Crippen LogP contribution in [0.1, 0.15) is 44.1 Å². The van der Waals surface area contributed by atoms with E-state index in [0.717, 1.165) is 39.9 Å². The number of sulfonamides is 1. The van der Waals surface area contributed by atoms with Gasteiger partial charge in [0.1, 0.15) is 6.54 Å². The van der Waals surface area contributed by atoms with Gasteiger partial charge in [-0.15, -0.1) is 0 Å². The molecular formula is C19H29BrN2O4S. The van der Waals surface area contributed by atoms with E-state index in [9.17, 15) is 13.2 Å². The van der Waals surface area contributed by atoms with E-state index < -0.39 is 10.0 Å². The number of nitrogens with one attached hydrogen (secondary N) is 1. The number of rotatable bonds is 9. The number of halogens is 1. The molecule has 0 aliphatic heterocycles. The molecule has 0 saturated heterocycles. The Hall–Kier alpha value is -1.12. The minimum absolute atomic E-state index is 0.233. The van der Waals surface area contributed by atoms with Crippen LogP contribution < -0.4 is 9.62 Å². The molecule has 1 amide bonds. The van der Waals surface area contributed by atoms with Crippen molar-refractivity contribution in [3.05, 3.63) is 28.2 Å². The van der Waals surface area contributed by atoms with Gasteiger partial charge in [0, 0.05) is 17.6 Å². The summed E-state index contributed by atoms with van der Waals surface area (Å²) in [4.78, 5) is 12.2. The van der Waals surface area contributed by atoms with Gasteiger partial charge >= 0.3 is 0 Å². The molecule has 27 heavy (non-hydrogen) atoms. The van der Waals surface area contributed by atoms with Crippen LogP contribution in [0.4, 0.5) is 5.69 Å². The molecule has 0 heterocycles. The molecule has 6 nitrogen and oxygen atoms in total. The number of hydrogen-bond acceptors (Lipinski definition) is 4. The standard InChI is InChI=1S/C19H29BrN2O4S/c1-15-13-16(9-10-18(15)20)22(27(2,24)25)14-19(23)21-11-6-12-26-17-7-4-3-5-8-17/h9-10,13,17H,3-8,11-12,14H2,1-2H3,(H,21,23). The number of amides is 1. The number of carbonyl (C=O) groups is 1. The van der Waals surface area contributed by atoms with Crippen LogP contribution in [0.15, 0.2) is 22.7 Å². The zero-order valence-electron chi connectivity index (χ0n) is 16.0. The van der Waals surface area contributed by atoms with E-state index in [1.807, 2.05) is 6.92 Å². The van der Waals surface area contributed by atoms with Crippen molar-refractivity contribution in [3.63, 3.8) is 0 Å². The smallest absolute Gasteiger partial charge is 0.240 e. The van der Waals surface area contributed by atoms with Gasteiger partial charge in [-0.25, -0.2) is 8.42 Å². The average Bonchev–Trinajstić information content (AvgIpc) is 2.62. The molecule has 0 radical (unpaired) electrons. The van der Waals surface area contributed by atoms with Crippen molar-refractivity contribution in [3.8, 4) is 0 Å². The fraction of sp³-hybridized carbons (Fsp3) is 0.632. The third-order valence-electron chi connectivity index (χ3n) is 4.67. The van der Waals surface area contributed by atoms with E-state index in [2.05, 4.69) is 21.2 Å². The Kier molecular flexibility index (Phi) is 8.57. The van der Waals surface area contributed by atoms with Gasteiger partial charge in [-0.05, 0) is 49.9 Å². The van der Waals surface area contributed by atoms with Gasteiger partial charge in [0.15, 0.2) is 0 Å². The summed E-state index contributed by atoms with van der Waals surface area (Å²) in [7, 11) is -3.56. The highest BCUT2D eigenvalue weighted by Crippen LogP contribution is 2.24. The van der Waals surface area contributed by atoms with Crippen molar-refractivity contribution in [1.29, 1.82) is 0 Å². The first-order valence-electron chi connectivity index (χ1n) is 9.39. The van der Waals surface area contributed by atoms with Crippen molar-refractivity contribution in [2.75, 3.05) is 30.3 Å². The molecule has 2 rings (SSSR count). The van der Waals surface area contributed by atoms with E-state index in [4.69, 9.17) is 4.74 Å². The molecule has 0 bridgehead atoms. The van der Waals surface area contributed by atoms with Crippen molar-refractivity contribution in [2.24, 2.45) is 0 Å². The second-order valence-corrected chi connectivity index (χ2v) is 9.80. The number of aryl methyl sites for hydroxylation is 1. The fourth-order valence-corrected chi connectivity index (χ4v) is 4.25. The van der Waals surface area contributed by atoms with Crippen LogP contribution in [0.25, 0.3) is 0 Å². The van der Waals surface area contributed by atoms with Crippen LogP contribution in [0.3, 0.4) is 0 Å². The van der Waals surface area contributed by atoms with E-state index in [1.165, 1.54) is 19.3 Å². The van der Waals surface area contributed by atoms with E-state index >= 15 is 0 Å². The molecular weight excluding hydrogens is 432 g/mol. The lowest BCUT2D eigenvalue weighted by Gasteiger charge is -2.23. The van der Waals surface area contributed by atoms with Crippen LogP contribution >= 0.6 is 15.9 Å². The third-order valence-corrected chi connectivity index (χ3v) is 6.70. The van der Waals surface area contributed by atoms with Crippen molar-refractivity contribution in [1.82, 2.24) is 5.32 Å². The lowest BCUT2D eigenvalue weighted by atomic mass is 9.98. The molecule has 1 saturated carbocycles. The SMILES string of the molecule is Cc1cc(N(CC(=O)NCCCOC2CCCCC2)S(C)(=O)=O)ccc1Br. The van der Waals surface area contributed by atoms with Gasteiger partial charge in [-0.3, -0.25) is 9.10 Å². The maximum Gasteiger partial charge on any atom is 0.240 e. The van der Waals surface area contributed by atoms with Gasteiger partial charge < -0.3 is 10.1 Å². The lowest BCUT2D eigenvalue weighted by molar-refractivity contribution is -0.119. The van der Waals surface area contributed by atoms with E-state index in [1.54, 1.807) is 18.2 Å². The zero-order valence-corrected chi connectivity index (χ0v) is 18.4. The van der Waals surface area contributed by atoms with E-state index in [0.29, 0.717) is 24.9 Å². The first-order valence-corrected chi connectivity index (χ1v) is 12.0. The number of hydrogen-bond donors (Lipinski definition) is 1. The average molecular weight is 461 g/mol. The summed E-state index contributed by atoms with van der Waals surface area (Å²) in [6, 6.07) is 5.21. The topological polar surface area (TPSA) is 75.7 Å². The Morgan fingerprint density at radius 3 is 2.63 bits per heavy atom. The summed E-state index contributed by atoms with van der Waals surface area (Å²) in [6.07, 6.45) is 8.20. The highest BCUT2D eigenvalue weighted by atomic mass is 79.9.